The Morgan fingerprint density at radius 3 is 2.58 bits per heavy atom. The van der Waals surface area contributed by atoms with Crippen molar-refractivity contribution in [2.24, 2.45) is 4.99 Å². The van der Waals surface area contributed by atoms with Crippen molar-refractivity contribution in [2.45, 2.75) is 26.8 Å². The Morgan fingerprint density at radius 2 is 1.94 bits per heavy atom. The van der Waals surface area contributed by atoms with Crippen molar-refractivity contribution in [3.05, 3.63) is 88.0 Å². The van der Waals surface area contributed by atoms with Crippen LogP contribution in [0, 0.1) is 0 Å². The number of fused-ring (bicyclic) bond motifs is 1. The van der Waals surface area contributed by atoms with E-state index in [0.717, 1.165) is 11.1 Å². The lowest BCUT2D eigenvalue weighted by atomic mass is 9.96. The molecule has 0 N–H and O–H groups in total. The van der Waals surface area contributed by atoms with E-state index in [-0.39, 0.29) is 12.2 Å². The number of methoxy groups -OCH3 is 1. The van der Waals surface area contributed by atoms with E-state index >= 15 is 0 Å². The molecule has 1 aliphatic rings. The Balaban J connectivity index is 1.91. The molecule has 2 aromatic carbocycles. The number of nitrogens with zero attached hydrogens (tertiary/aromatic N) is 2. The Morgan fingerprint density at radius 1 is 1.19 bits per heavy atom. The van der Waals surface area contributed by atoms with Crippen LogP contribution in [0.5, 0.6) is 11.5 Å². The van der Waals surface area contributed by atoms with Crippen LogP contribution in [0.15, 0.2) is 61.9 Å². The van der Waals surface area contributed by atoms with E-state index in [9.17, 15) is 9.59 Å². The van der Waals surface area contributed by atoms with Gasteiger partial charge in [-0.15, -0.1) is 0 Å². The summed E-state index contributed by atoms with van der Waals surface area (Å²) in [5.41, 5.74) is 2.02. The van der Waals surface area contributed by atoms with Crippen LogP contribution in [0.25, 0.3) is 6.08 Å². The highest BCUT2D eigenvalue weighted by molar-refractivity contribution is 9.10. The molecule has 0 bridgehead atoms. The van der Waals surface area contributed by atoms with E-state index in [2.05, 4.69) is 20.9 Å². The fourth-order valence-corrected chi connectivity index (χ4v) is 5.84. The van der Waals surface area contributed by atoms with E-state index in [1.807, 2.05) is 25.1 Å². The maximum absolute atomic E-state index is 13.7. The normalized spacial score (nSPS) is 15.4. The average Bonchev–Trinajstić information content (AvgIpc) is 3.14. The third kappa shape index (κ3) is 5.00. The largest absolute Gasteiger partial charge is 0.496 e. The van der Waals surface area contributed by atoms with Gasteiger partial charge >= 0.3 is 5.97 Å². The molecule has 0 saturated heterocycles. The zero-order valence-corrected chi connectivity index (χ0v) is 23.3. The topological polar surface area (TPSA) is 79.1 Å². The standard InChI is InChI=1S/C26H24BrClN2O5S/c1-5-34-20-9-7-15(11-18(20)28)12-21-24(31)30-23(16-8-10-19(33-4)17(27)13-16)22(25(32)35-6-2)14(3)29-26(30)36-21/h7-13,23H,5-6H2,1-4H3/b21-12-/t23-/m1/s1. The number of carbonyl (C=O) groups is 1. The lowest BCUT2D eigenvalue weighted by Gasteiger charge is -2.25. The van der Waals surface area contributed by atoms with Gasteiger partial charge in [-0.1, -0.05) is 35.1 Å². The molecular weight excluding hydrogens is 568 g/mol. The van der Waals surface area contributed by atoms with Crippen LogP contribution in [0.1, 0.15) is 37.9 Å². The second-order valence-corrected chi connectivity index (χ2v) is 10.1. The first-order valence-corrected chi connectivity index (χ1v) is 13.2. The number of thiazole rings is 1. The minimum Gasteiger partial charge on any atom is -0.496 e. The zero-order chi connectivity index (χ0) is 26.0. The molecule has 36 heavy (non-hydrogen) atoms. The quantitative estimate of drug-likeness (QED) is 0.375. The number of benzene rings is 2. The molecule has 0 amide bonds. The van der Waals surface area contributed by atoms with E-state index in [0.29, 0.717) is 48.2 Å². The summed E-state index contributed by atoms with van der Waals surface area (Å²) in [6, 6.07) is 10.1. The fraction of sp³-hybridized carbons (Fsp3) is 0.269. The van der Waals surface area contributed by atoms with Crippen molar-refractivity contribution in [3.8, 4) is 11.5 Å². The maximum atomic E-state index is 13.7. The van der Waals surface area contributed by atoms with Crippen molar-refractivity contribution in [2.75, 3.05) is 20.3 Å². The Bertz CT molecular complexity index is 1540. The molecule has 0 spiro atoms. The van der Waals surface area contributed by atoms with E-state index in [1.165, 1.54) is 11.3 Å². The summed E-state index contributed by atoms with van der Waals surface area (Å²) < 4.78 is 18.9. The zero-order valence-electron chi connectivity index (χ0n) is 20.1. The third-order valence-electron chi connectivity index (χ3n) is 5.56. The molecule has 188 valence electrons. The number of aromatic nitrogens is 1. The van der Waals surface area contributed by atoms with E-state index < -0.39 is 12.0 Å². The van der Waals surface area contributed by atoms with Crippen molar-refractivity contribution in [3.63, 3.8) is 0 Å². The average molecular weight is 592 g/mol. The van der Waals surface area contributed by atoms with Gasteiger partial charge in [-0.25, -0.2) is 9.79 Å². The smallest absolute Gasteiger partial charge is 0.338 e. The molecule has 1 aliphatic heterocycles. The third-order valence-corrected chi connectivity index (χ3v) is 7.46. The van der Waals surface area contributed by atoms with E-state index in [4.69, 9.17) is 25.8 Å². The van der Waals surface area contributed by atoms with Crippen LogP contribution in [0.4, 0.5) is 0 Å². The van der Waals surface area contributed by atoms with Crippen molar-refractivity contribution >= 4 is 50.9 Å². The summed E-state index contributed by atoms with van der Waals surface area (Å²) in [5, 5.41) is 0.458. The van der Waals surface area contributed by atoms with Gasteiger partial charge in [0.1, 0.15) is 11.5 Å². The van der Waals surface area contributed by atoms with Crippen LogP contribution in [0.3, 0.4) is 0 Å². The number of carbonyl (C=O) groups excluding carboxylic acids is 1. The monoisotopic (exact) mass is 590 g/mol. The minimum absolute atomic E-state index is 0.206. The van der Waals surface area contributed by atoms with Crippen LogP contribution < -0.4 is 24.4 Å². The molecule has 0 aliphatic carbocycles. The van der Waals surface area contributed by atoms with Gasteiger partial charge in [0.05, 0.1) is 51.7 Å². The van der Waals surface area contributed by atoms with Crippen molar-refractivity contribution in [1.82, 2.24) is 4.57 Å². The number of ether oxygens (including phenoxy) is 3. The minimum atomic E-state index is -0.714. The molecule has 1 aromatic heterocycles. The number of halogens is 2. The number of hydrogen-bond acceptors (Lipinski definition) is 7. The summed E-state index contributed by atoms with van der Waals surface area (Å²) in [6.45, 7) is 6.08. The first-order chi connectivity index (χ1) is 17.3. The summed E-state index contributed by atoms with van der Waals surface area (Å²) in [7, 11) is 1.57. The second-order valence-electron chi connectivity index (χ2n) is 7.82. The fourth-order valence-electron chi connectivity index (χ4n) is 3.99. The number of esters is 1. The summed E-state index contributed by atoms with van der Waals surface area (Å²) in [5.74, 6) is 0.706. The van der Waals surface area contributed by atoms with Crippen LogP contribution in [-0.2, 0) is 9.53 Å². The highest BCUT2D eigenvalue weighted by Gasteiger charge is 2.33. The summed E-state index contributed by atoms with van der Waals surface area (Å²) in [4.78, 5) is 31.8. The molecule has 2 heterocycles. The molecule has 1 atom stereocenters. The van der Waals surface area contributed by atoms with Crippen molar-refractivity contribution < 1.29 is 19.0 Å². The van der Waals surface area contributed by atoms with E-state index in [1.54, 1.807) is 49.8 Å². The number of allylic oxidation sites excluding steroid dienone is 1. The first-order valence-electron chi connectivity index (χ1n) is 11.2. The lowest BCUT2D eigenvalue weighted by molar-refractivity contribution is -0.139. The van der Waals surface area contributed by atoms with Crippen molar-refractivity contribution in [1.29, 1.82) is 0 Å². The van der Waals surface area contributed by atoms with Crippen LogP contribution in [0.2, 0.25) is 5.02 Å². The predicted molar refractivity (Wildman–Crippen MR) is 144 cm³/mol. The van der Waals surface area contributed by atoms with Crippen LogP contribution >= 0.6 is 38.9 Å². The van der Waals surface area contributed by atoms with Gasteiger partial charge in [0, 0.05) is 0 Å². The highest BCUT2D eigenvalue weighted by atomic mass is 79.9. The van der Waals surface area contributed by atoms with Gasteiger partial charge in [-0.05, 0) is 78.2 Å². The molecule has 3 aromatic rings. The maximum Gasteiger partial charge on any atom is 0.338 e. The molecule has 0 unspecified atom stereocenters. The Labute approximate surface area is 225 Å². The van der Waals surface area contributed by atoms with Crippen LogP contribution in [-0.4, -0.2) is 30.9 Å². The van der Waals surface area contributed by atoms with Gasteiger partial charge in [0.25, 0.3) is 5.56 Å². The highest BCUT2D eigenvalue weighted by Crippen LogP contribution is 2.35. The molecule has 7 nitrogen and oxygen atoms in total. The second kappa shape index (κ2) is 11.0. The molecule has 4 rings (SSSR count). The van der Waals surface area contributed by atoms with Gasteiger partial charge in [-0.3, -0.25) is 9.36 Å². The number of hydrogen-bond donors (Lipinski definition) is 0. The Kier molecular flexibility index (Phi) is 8.02. The van der Waals surface area contributed by atoms with Gasteiger partial charge in [0.15, 0.2) is 4.80 Å². The summed E-state index contributed by atoms with van der Waals surface area (Å²) >= 11 is 11.1. The lowest BCUT2D eigenvalue weighted by Crippen LogP contribution is -2.39. The predicted octanol–water partition coefficient (Wildman–Crippen LogP) is 4.62. The van der Waals surface area contributed by atoms with Gasteiger partial charge in [0.2, 0.25) is 0 Å². The molecule has 10 heteroatoms. The first kappa shape index (κ1) is 26.2. The number of rotatable bonds is 7. The summed E-state index contributed by atoms with van der Waals surface area (Å²) in [6.07, 6.45) is 1.76. The molecule has 0 saturated carbocycles. The molecule has 0 fully saturated rings. The van der Waals surface area contributed by atoms with Gasteiger partial charge < -0.3 is 14.2 Å². The Hall–Kier alpha value is -2.88. The van der Waals surface area contributed by atoms with Gasteiger partial charge in [-0.2, -0.15) is 0 Å². The molecule has 0 radical (unpaired) electrons. The SMILES string of the molecule is CCOC(=O)C1=C(C)N=c2s/c(=C\c3ccc(OCC)c(Cl)c3)c(=O)n2[C@@H]1c1ccc(OC)c(Br)c1. The molecular formula is C26H24BrClN2O5S.